The fraction of sp³-hybridized carbons (Fsp3) is 1.00. The Morgan fingerprint density at radius 1 is 2.00 bits per heavy atom. The van der Waals surface area contributed by atoms with Gasteiger partial charge in [0.2, 0.25) is 0 Å². The van der Waals surface area contributed by atoms with E-state index in [9.17, 15) is 0 Å². The zero-order valence-electron chi connectivity index (χ0n) is 8.26. The average Bonchev–Trinajstić information content (AvgIpc) is 1.58. The maximum Gasteiger partial charge on any atom is 0.0387 e. The van der Waals surface area contributed by atoms with E-state index in [-0.39, 0.29) is 0 Å². The molecule has 32 valence electrons. The molecule has 0 fully saturated rings. The van der Waals surface area contributed by atoms with Gasteiger partial charge in [0, 0.05) is 17.9 Å². The quantitative estimate of drug-likeness (QED) is 0.524. The van der Waals surface area contributed by atoms with Crippen LogP contribution in [0.2, 0.25) is 0 Å². The van der Waals surface area contributed by atoms with Crippen molar-refractivity contribution in [1.29, 1.82) is 0 Å². The Kier molecular flexibility index (Phi) is 1.40. The zero-order valence-corrected chi connectivity index (χ0v) is 6.00. The lowest BCUT2D eigenvalue weighted by molar-refractivity contribution is 1.16. The first kappa shape index (κ1) is 1.34. The Hall–Kier alpha value is 1.21. The maximum atomic E-state index is 7.09. The molecule has 2 heteroatoms. The minimum absolute atomic E-state index is 1.23. The molecule has 0 aromatic carbocycles. The lowest BCUT2D eigenvalue weighted by Crippen LogP contribution is -1.69. The van der Waals surface area contributed by atoms with Gasteiger partial charge in [-0.05, 0) is 6.37 Å². The fourth-order valence-corrected chi connectivity index (χ4v) is 0.622. The van der Waals surface area contributed by atoms with Gasteiger partial charge in [-0.1, -0.05) is 38.5 Å². The van der Waals surface area contributed by atoms with Crippen LogP contribution in [-0.2, 0) is 0 Å². The van der Waals surface area contributed by atoms with Crippen molar-refractivity contribution in [2.24, 2.45) is 0 Å². The Labute approximate surface area is 63.0 Å². The third-order valence-electron chi connectivity index (χ3n) is 0.0945. The monoisotopic (exact) mass is 254 g/mol. The highest BCUT2D eigenvalue weighted by molar-refractivity contribution is 14.1. The van der Waals surface area contributed by atoms with Gasteiger partial charge in [-0.2, -0.15) is 0 Å². The average molecular weight is 255 g/mol. The van der Waals surface area contributed by atoms with Gasteiger partial charge in [-0.25, -0.2) is 0 Å². The second kappa shape index (κ2) is 5.21. The molecular weight excluding hydrogens is 243 g/mol. The van der Waals surface area contributed by atoms with Crippen LogP contribution in [0.3, 0.4) is 0 Å². The molecule has 0 saturated carbocycles. The molecule has 0 aliphatic rings. The van der Waals surface area contributed by atoms with Crippen molar-refractivity contribution in [3.8, 4) is 0 Å². The molecule has 5 heavy (non-hydrogen) atoms. The highest BCUT2D eigenvalue weighted by Crippen LogP contribution is 1.90. The highest BCUT2D eigenvalue weighted by Gasteiger charge is 1.71. The number of rotatable bonds is 2. The van der Waals surface area contributed by atoms with E-state index in [0.717, 1.165) is 0 Å². The number of hydrogen-bond acceptors (Lipinski definition) is 0. The molecule has 0 nitrogen and oxygen atoms in total. The van der Waals surface area contributed by atoms with Crippen LogP contribution >= 0.6 is 38.5 Å². The first-order chi connectivity index (χ1) is 4.50. The predicted molar refractivity (Wildman–Crippen MR) is 37.3 cm³/mol. The van der Waals surface area contributed by atoms with E-state index in [2.05, 4.69) is 15.9 Å². The topological polar surface area (TPSA) is 0 Å². The molecule has 0 aromatic rings. The minimum Gasteiger partial charge on any atom is -0.0928 e. The normalized spacial score (nSPS) is 34.8. The van der Waals surface area contributed by atoms with E-state index < -0.39 is 16.0 Å². The lowest BCUT2D eigenvalue weighted by Gasteiger charge is -1.76. The number of halogens is 2. The van der Waals surface area contributed by atoms with Gasteiger partial charge < -0.3 is 0 Å². The second-order valence-corrected chi connectivity index (χ2v) is 1.25. The summed E-state index contributed by atoms with van der Waals surface area (Å²) in [4.78, 5) is 0. The zero-order chi connectivity index (χ0) is 9.50. The van der Waals surface area contributed by atoms with E-state index >= 15 is 0 Å². The molecule has 0 unspecified atom stereocenters. The van der Waals surface area contributed by atoms with Crippen molar-refractivity contribution < 1.29 is 8.22 Å². The standard InChI is InChI=1S/C3H6BrI/c4-2-1-3-5/h1-3H2/i1D2,2D2,3D2. The van der Waals surface area contributed by atoms with Crippen molar-refractivity contribution >= 4 is 38.5 Å². The van der Waals surface area contributed by atoms with Crippen LogP contribution in [0, 0.1) is 0 Å². The summed E-state index contributed by atoms with van der Waals surface area (Å²) in [7, 11) is 0. The molecule has 0 atom stereocenters. The molecule has 0 amide bonds. The predicted octanol–water partition coefficient (Wildman–Crippen LogP) is 2.21. The molecular formula is C3H6BrI. The first-order valence-electron chi connectivity index (χ1n) is 3.88. The number of hydrogen-bond donors (Lipinski definition) is 0. The highest BCUT2D eigenvalue weighted by atomic mass is 127. The Morgan fingerprint density at radius 3 is 2.60 bits per heavy atom. The minimum atomic E-state index is -2.55. The Morgan fingerprint density at radius 2 is 2.60 bits per heavy atom. The van der Waals surface area contributed by atoms with Gasteiger partial charge in [0.05, 0.1) is 0 Å². The third kappa shape index (κ3) is 5.21. The molecule has 0 radical (unpaired) electrons. The van der Waals surface area contributed by atoms with Crippen molar-refractivity contribution in [3.63, 3.8) is 0 Å². The maximum absolute atomic E-state index is 7.09. The molecule has 0 saturated heterocycles. The van der Waals surface area contributed by atoms with Gasteiger partial charge in [-0.3, -0.25) is 0 Å². The van der Waals surface area contributed by atoms with Gasteiger partial charge in [-0.15, -0.1) is 0 Å². The summed E-state index contributed by atoms with van der Waals surface area (Å²) in [5, 5.41) is -2.36. The first-order valence-corrected chi connectivity index (χ1v) is 2.75. The van der Waals surface area contributed by atoms with Gasteiger partial charge >= 0.3 is 0 Å². The molecule has 0 aliphatic carbocycles. The molecule has 0 aliphatic heterocycles. The third-order valence-corrected chi connectivity index (χ3v) is 0.562. The van der Waals surface area contributed by atoms with Crippen LogP contribution in [-0.4, -0.2) is 9.66 Å². The van der Waals surface area contributed by atoms with Crippen molar-refractivity contribution in [3.05, 3.63) is 0 Å². The van der Waals surface area contributed by atoms with Crippen molar-refractivity contribution in [2.45, 2.75) is 6.37 Å². The van der Waals surface area contributed by atoms with Crippen molar-refractivity contribution in [1.82, 2.24) is 0 Å². The van der Waals surface area contributed by atoms with Crippen LogP contribution in [0.15, 0.2) is 0 Å². The van der Waals surface area contributed by atoms with Gasteiger partial charge in [0.25, 0.3) is 0 Å². The van der Waals surface area contributed by atoms with Crippen LogP contribution < -0.4 is 0 Å². The summed E-state index contributed by atoms with van der Waals surface area (Å²) in [6, 6.07) is 0. The second-order valence-electron chi connectivity index (χ2n) is 0.314. The summed E-state index contributed by atoms with van der Waals surface area (Å²) >= 11 is 3.68. The van der Waals surface area contributed by atoms with E-state index in [4.69, 9.17) is 8.22 Å². The Balaban J connectivity index is 4.75. The van der Waals surface area contributed by atoms with Crippen LogP contribution in [0.4, 0.5) is 0 Å². The van der Waals surface area contributed by atoms with E-state index in [0.29, 0.717) is 0 Å². The number of alkyl halides is 2. The molecule has 0 bridgehead atoms. The van der Waals surface area contributed by atoms with E-state index in [1.165, 1.54) is 22.6 Å². The fourth-order valence-electron chi connectivity index (χ4n) is 0.0179. The Bertz CT molecular complexity index is 129. The molecule has 0 heterocycles. The van der Waals surface area contributed by atoms with Crippen LogP contribution in [0.1, 0.15) is 14.6 Å². The van der Waals surface area contributed by atoms with E-state index in [1.54, 1.807) is 0 Å². The summed E-state index contributed by atoms with van der Waals surface area (Å²) in [6.07, 6.45) is -2.55. The van der Waals surface area contributed by atoms with Crippen molar-refractivity contribution in [2.75, 3.05) is 9.66 Å². The van der Waals surface area contributed by atoms with Gasteiger partial charge in [0.1, 0.15) is 0 Å². The van der Waals surface area contributed by atoms with E-state index in [1.807, 2.05) is 0 Å². The summed E-state index contributed by atoms with van der Waals surface area (Å²) < 4.78 is 39.8. The molecule has 0 rings (SSSR count). The molecule has 0 aromatic heterocycles. The summed E-state index contributed by atoms with van der Waals surface area (Å²) in [6.45, 7) is 0. The molecule has 0 N–H and O–H groups in total. The van der Waals surface area contributed by atoms with Crippen LogP contribution in [0.5, 0.6) is 0 Å². The smallest absolute Gasteiger partial charge is 0.0387 e. The van der Waals surface area contributed by atoms with Gasteiger partial charge in [0.15, 0.2) is 0 Å². The lowest BCUT2D eigenvalue weighted by atomic mass is 10.6. The summed E-state index contributed by atoms with van der Waals surface area (Å²) in [5.74, 6) is 0. The molecule has 0 spiro atoms. The SMILES string of the molecule is [2H]C([2H])(Br)C([2H])([2H])C([2H])([2H])I. The van der Waals surface area contributed by atoms with Crippen LogP contribution in [0.25, 0.3) is 0 Å². The largest absolute Gasteiger partial charge is 0.0928 e. The summed E-state index contributed by atoms with van der Waals surface area (Å²) in [5.41, 5.74) is 0.